The Bertz CT molecular complexity index is 15.5. The van der Waals surface area contributed by atoms with Crippen LogP contribution in [0.1, 0.15) is 0 Å². The molecule has 0 atom stereocenters. The minimum absolute atomic E-state index is 0. The summed E-state index contributed by atoms with van der Waals surface area (Å²) in [6, 6.07) is 0. The summed E-state index contributed by atoms with van der Waals surface area (Å²) < 4.78 is 28.8. The van der Waals surface area contributed by atoms with Crippen molar-refractivity contribution in [2.24, 2.45) is 0 Å². The summed E-state index contributed by atoms with van der Waals surface area (Å²) in [4.78, 5) is 0. The van der Waals surface area contributed by atoms with E-state index in [0.29, 0.717) is 0 Å². The van der Waals surface area contributed by atoms with Crippen LogP contribution in [0.15, 0.2) is 0 Å². The van der Waals surface area contributed by atoms with Gasteiger partial charge < -0.3 is 26.7 Å². The second-order valence-electron chi connectivity index (χ2n) is 0.214. The molecule has 6 heavy (non-hydrogen) atoms. The Balaban J connectivity index is -0.0000000450. The molecule has 0 N–H and O–H groups in total. The fourth-order valence-corrected chi connectivity index (χ4v) is 0. The van der Waals surface area contributed by atoms with E-state index in [0.717, 1.165) is 0 Å². The van der Waals surface area contributed by atoms with Crippen molar-refractivity contribution in [1.82, 2.24) is 0 Å². The van der Waals surface area contributed by atoms with Crippen molar-refractivity contribution in [2.75, 3.05) is 0 Å². The smallest absolute Gasteiger partial charge is 0.813 e. The molecule has 0 saturated carbocycles. The Labute approximate surface area is 51.0 Å². The molecule has 43 valence electrons. The maximum absolute atomic E-state index is 9.58. The predicted molar refractivity (Wildman–Crippen MR) is 15.3 cm³/mol. The molecule has 0 unspecified atom stereocenters. The van der Waals surface area contributed by atoms with E-state index in [4.69, 9.17) is 0 Å². The Morgan fingerprint density at radius 2 is 1.00 bits per heavy atom. The molecule has 0 aliphatic rings. The van der Waals surface area contributed by atoms with Crippen LogP contribution in [0.25, 0.3) is 0 Å². The summed E-state index contributed by atoms with van der Waals surface area (Å²) in [5, 5.41) is 0. The van der Waals surface area contributed by atoms with E-state index in [-0.39, 0.29) is 30.6 Å². The van der Waals surface area contributed by atoms with Gasteiger partial charge in [-0.25, -0.2) is 0 Å². The number of hydrogen-bond donors (Lipinski definition) is 0. The van der Waals surface area contributed by atoms with E-state index in [1.807, 2.05) is 0 Å². The molecule has 0 spiro atoms. The van der Waals surface area contributed by atoms with Gasteiger partial charge in [0.25, 0.3) is 0 Å². The van der Waals surface area contributed by atoms with Gasteiger partial charge in [0.2, 0.25) is 0 Å². The minimum Gasteiger partial charge on any atom is -0.813 e. The molecule has 0 aromatic heterocycles. The van der Waals surface area contributed by atoms with Crippen LogP contribution in [0.5, 0.6) is 0 Å². The van der Waals surface area contributed by atoms with Gasteiger partial charge in [0.05, 0.1) is 0 Å². The molecule has 0 nitrogen and oxygen atoms in total. The van der Waals surface area contributed by atoms with Crippen LogP contribution in [0.3, 0.4) is 0 Å². The predicted octanol–water partition coefficient (Wildman–Crippen LogP) is 1.07. The van der Waals surface area contributed by atoms with Gasteiger partial charge in [0.15, 0.2) is 6.68 Å². The molecule has 0 bridgehead atoms. The van der Waals surface area contributed by atoms with Crippen LogP contribution in [0.2, 0.25) is 0 Å². The van der Waals surface area contributed by atoms with Crippen molar-refractivity contribution < 1.29 is 30.2 Å². The minimum atomic E-state index is -3.08. The van der Waals surface area contributed by atoms with Crippen LogP contribution >= 0.6 is 0 Å². The van der Waals surface area contributed by atoms with E-state index in [9.17, 15) is 13.2 Å². The maximum Gasteiger partial charge on any atom is 2.00 e. The third kappa shape index (κ3) is 143. The first kappa shape index (κ1) is 15.9. The molecule has 0 amide bonds. The third-order valence-electron chi connectivity index (χ3n) is 0. The van der Waals surface area contributed by atoms with Gasteiger partial charge in [0, 0.05) is 0 Å². The van der Waals surface area contributed by atoms with Crippen LogP contribution in [-0.2, 0) is 30.6 Å². The molecule has 0 heterocycles. The van der Waals surface area contributed by atoms with Gasteiger partial charge in [-0.3, -0.25) is 0 Å². The van der Waals surface area contributed by atoms with E-state index < -0.39 is 6.68 Å². The molecule has 5 heteroatoms. The summed E-state index contributed by atoms with van der Waals surface area (Å²) in [7, 11) is 0. The second kappa shape index (κ2) is 9.18. The summed E-state index contributed by atoms with van der Waals surface area (Å²) in [6.07, 6.45) is 0. The summed E-state index contributed by atoms with van der Waals surface area (Å²) in [5.41, 5.74) is 0. The second-order valence-corrected chi connectivity index (χ2v) is 0.214. The average Bonchev–Trinajstić information content (AvgIpc) is 0.811. The Morgan fingerprint density at radius 3 is 1.00 bits per heavy atom. The normalized spacial score (nSPS) is 6.00. The average molecular weight is 166 g/mol. The van der Waals surface area contributed by atoms with Crippen molar-refractivity contribution in [3.05, 3.63) is 6.68 Å². The molecular formula is CHCuF3S. The largest absolute Gasteiger partial charge is 2.00 e. The van der Waals surface area contributed by atoms with Crippen molar-refractivity contribution in [1.29, 1.82) is 0 Å². The van der Waals surface area contributed by atoms with Gasteiger partial charge >= 0.3 is 17.1 Å². The fourth-order valence-electron chi connectivity index (χ4n) is 0. The van der Waals surface area contributed by atoms with E-state index in [1.165, 1.54) is 0 Å². The third-order valence-corrected chi connectivity index (χ3v) is 0. The van der Waals surface area contributed by atoms with Gasteiger partial charge in [-0.15, -0.1) is 0 Å². The molecule has 0 aromatic rings. The van der Waals surface area contributed by atoms with Crippen molar-refractivity contribution in [3.63, 3.8) is 0 Å². The summed E-state index contributed by atoms with van der Waals surface area (Å²) in [6.45, 7) is -3.08. The van der Waals surface area contributed by atoms with Crippen molar-refractivity contribution in [2.45, 2.75) is 0 Å². The van der Waals surface area contributed by atoms with Crippen molar-refractivity contribution >= 4 is 13.5 Å². The SMILES string of the molecule is F[C-](F)F.[Cu+2].[SH-]. The van der Waals surface area contributed by atoms with Gasteiger partial charge in [-0.05, 0) is 0 Å². The molecule has 0 saturated heterocycles. The van der Waals surface area contributed by atoms with Crippen LogP contribution in [0.4, 0.5) is 13.2 Å². The standard InChI is InChI=1S/CF3.Cu.H2S/c2-1(3)4;;/h;;1H2/q-1;+2;/p-1. The Morgan fingerprint density at radius 1 is 1.00 bits per heavy atom. The zero-order valence-electron chi connectivity index (χ0n) is 2.38. The van der Waals surface area contributed by atoms with Gasteiger partial charge in [0.1, 0.15) is 0 Å². The van der Waals surface area contributed by atoms with Crippen LogP contribution in [-0.4, -0.2) is 0 Å². The first-order chi connectivity index (χ1) is 1.73. The molecule has 0 aliphatic carbocycles. The first-order valence-electron chi connectivity index (χ1n) is 0.567. The summed E-state index contributed by atoms with van der Waals surface area (Å²) >= 11 is 0. The Hall–Kier alpha value is 0.659. The first-order valence-corrected chi connectivity index (χ1v) is 0.567. The van der Waals surface area contributed by atoms with E-state index in [2.05, 4.69) is 0 Å². The van der Waals surface area contributed by atoms with Crippen LogP contribution in [0, 0.1) is 6.68 Å². The maximum atomic E-state index is 9.58. The quantitative estimate of drug-likeness (QED) is 0.224. The molecule has 0 aromatic carbocycles. The Kier molecular flexibility index (Phi) is 24.4. The fraction of sp³-hybridized carbons (Fsp3) is 0. The van der Waals surface area contributed by atoms with E-state index >= 15 is 0 Å². The number of hydrogen-bond acceptors (Lipinski definition) is 1. The topological polar surface area (TPSA) is 0 Å². The number of halogens is 3. The van der Waals surface area contributed by atoms with Gasteiger partial charge in [-0.1, -0.05) is 0 Å². The number of thiol groups is 1. The van der Waals surface area contributed by atoms with Crippen molar-refractivity contribution in [3.8, 4) is 0 Å². The molecule has 0 fully saturated rings. The molecular weight excluding hydrogens is 165 g/mol. The zero-order valence-corrected chi connectivity index (χ0v) is 4.22. The summed E-state index contributed by atoms with van der Waals surface area (Å²) in [5.74, 6) is 0. The van der Waals surface area contributed by atoms with Gasteiger partial charge in [-0.2, -0.15) is 0 Å². The number of rotatable bonds is 0. The molecule has 0 rings (SSSR count). The zero-order chi connectivity index (χ0) is 3.58. The molecule has 1 radical (unpaired) electrons. The molecule has 0 aliphatic heterocycles. The van der Waals surface area contributed by atoms with Crippen LogP contribution < -0.4 is 0 Å². The van der Waals surface area contributed by atoms with E-state index in [1.54, 1.807) is 0 Å². The monoisotopic (exact) mass is 165 g/mol.